The second-order valence-corrected chi connectivity index (χ2v) is 3.77. The van der Waals surface area contributed by atoms with Crippen molar-refractivity contribution in [2.24, 2.45) is 0 Å². The van der Waals surface area contributed by atoms with Gasteiger partial charge >= 0.3 is 0 Å². The van der Waals surface area contributed by atoms with Crippen LogP contribution >= 0.6 is 13.5 Å². The van der Waals surface area contributed by atoms with Crippen molar-refractivity contribution in [2.75, 3.05) is 33.0 Å². The lowest BCUT2D eigenvalue weighted by atomic mass is 10.2. The Hall–Kier alpha value is -0.260. The second kappa shape index (κ2) is 15.7. The number of ether oxygens (including phenoxy) is 2. The van der Waals surface area contributed by atoms with Gasteiger partial charge in [0.2, 0.25) is 5.91 Å². The Balaban J connectivity index is -0.00000112. The van der Waals surface area contributed by atoms with Gasteiger partial charge in [0.25, 0.3) is 0 Å². The molecule has 0 aromatic heterocycles. The lowest BCUT2D eigenvalue weighted by molar-refractivity contribution is -0.119. The van der Waals surface area contributed by atoms with E-state index in [1.165, 1.54) is 26.2 Å². The molecule has 0 rings (SSSR count). The van der Waals surface area contributed by atoms with Gasteiger partial charge in [-0.25, -0.2) is 0 Å². The Morgan fingerprint density at radius 1 is 1.06 bits per heavy atom. The van der Waals surface area contributed by atoms with E-state index in [1.807, 2.05) is 0 Å². The van der Waals surface area contributed by atoms with Gasteiger partial charge in [0.15, 0.2) is 0 Å². The molecule has 0 bridgehead atoms. The van der Waals surface area contributed by atoms with E-state index in [9.17, 15) is 4.79 Å². The van der Waals surface area contributed by atoms with Gasteiger partial charge in [-0.2, -0.15) is 13.5 Å². The summed E-state index contributed by atoms with van der Waals surface area (Å²) >= 11 is 0. The molecule has 0 atom stereocenters. The zero-order valence-electron chi connectivity index (χ0n) is 11.1. The summed E-state index contributed by atoms with van der Waals surface area (Å²) < 4.78 is 10.7. The molecule has 0 saturated carbocycles. The first-order valence-electron chi connectivity index (χ1n) is 6.17. The van der Waals surface area contributed by atoms with Crippen LogP contribution in [-0.2, 0) is 14.3 Å². The van der Waals surface area contributed by atoms with E-state index >= 15 is 0 Å². The maximum Gasteiger partial charge on any atom is 0.216 e. The second-order valence-electron chi connectivity index (χ2n) is 3.77. The zero-order valence-corrected chi connectivity index (χ0v) is 12.1. The highest BCUT2D eigenvalue weighted by Gasteiger charge is 1.92. The highest BCUT2D eigenvalue weighted by molar-refractivity contribution is 7.59. The number of hydrogen-bond acceptors (Lipinski definition) is 3. The fraction of sp³-hybridized carbons (Fsp3) is 0.917. The SMILES string of the molecule is CCCCCCOCCOCCNC(C)=O.S.[HH]. The van der Waals surface area contributed by atoms with Gasteiger partial charge in [-0.15, -0.1) is 0 Å². The molecule has 0 spiro atoms. The average molecular weight is 267 g/mol. The molecule has 1 N–H and O–H groups in total. The molecule has 0 aromatic carbocycles. The molecule has 5 heteroatoms. The van der Waals surface area contributed by atoms with Crippen molar-refractivity contribution in [2.45, 2.75) is 39.5 Å². The Bertz CT molecular complexity index is 173. The van der Waals surface area contributed by atoms with Crippen LogP contribution in [0.4, 0.5) is 0 Å². The van der Waals surface area contributed by atoms with E-state index in [4.69, 9.17) is 9.47 Å². The van der Waals surface area contributed by atoms with Crippen LogP contribution < -0.4 is 5.32 Å². The quantitative estimate of drug-likeness (QED) is 0.583. The minimum atomic E-state index is -0.0178. The first kappa shape index (κ1) is 19.1. The van der Waals surface area contributed by atoms with E-state index in [1.54, 1.807) is 0 Å². The molecule has 0 fully saturated rings. The summed E-state index contributed by atoms with van der Waals surface area (Å²) in [6.45, 7) is 6.91. The lowest BCUT2D eigenvalue weighted by Crippen LogP contribution is -2.24. The molecule has 0 aliphatic carbocycles. The minimum Gasteiger partial charge on any atom is -0.379 e. The largest absolute Gasteiger partial charge is 0.379 e. The molecule has 0 aliphatic heterocycles. The van der Waals surface area contributed by atoms with E-state index < -0.39 is 0 Å². The Kier molecular flexibility index (Phi) is 17.7. The number of amides is 1. The minimum absolute atomic E-state index is 0. The number of rotatable bonds is 11. The molecule has 0 aromatic rings. The zero-order chi connectivity index (χ0) is 12.1. The van der Waals surface area contributed by atoms with Crippen LogP contribution in [0.25, 0.3) is 0 Å². The van der Waals surface area contributed by atoms with E-state index in [2.05, 4.69) is 12.2 Å². The molecule has 0 heterocycles. The Morgan fingerprint density at radius 2 is 1.71 bits per heavy atom. The number of hydrogen-bond donors (Lipinski definition) is 1. The predicted molar refractivity (Wildman–Crippen MR) is 77.0 cm³/mol. The third-order valence-corrected chi connectivity index (χ3v) is 2.13. The monoisotopic (exact) mass is 267 g/mol. The Morgan fingerprint density at radius 3 is 2.29 bits per heavy atom. The van der Waals surface area contributed by atoms with Crippen LogP contribution in [0.5, 0.6) is 0 Å². The Labute approximate surface area is 113 Å². The van der Waals surface area contributed by atoms with Crippen LogP contribution in [0.1, 0.15) is 41.0 Å². The van der Waals surface area contributed by atoms with Crippen molar-refractivity contribution < 1.29 is 15.7 Å². The average Bonchev–Trinajstić information content (AvgIpc) is 2.25. The van der Waals surface area contributed by atoms with Gasteiger partial charge < -0.3 is 14.8 Å². The van der Waals surface area contributed by atoms with Crippen molar-refractivity contribution in [3.63, 3.8) is 0 Å². The van der Waals surface area contributed by atoms with E-state index in [0.717, 1.165) is 13.0 Å². The molecule has 17 heavy (non-hydrogen) atoms. The summed E-state index contributed by atoms with van der Waals surface area (Å²) in [4.78, 5) is 10.5. The highest BCUT2D eigenvalue weighted by Crippen LogP contribution is 1.98. The molecule has 0 radical (unpaired) electrons. The summed E-state index contributed by atoms with van der Waals surface area (Å²) in [6, 6.07) is 0. The molecule has 0 unspecified atom stereocenters. The molecular weight excluding hydrogens is 238 g/mol. The van der Waals surface area contributed by atoms with Crippen molar-refractivity contribution in [1.29, 1.82) is 0 Å². The fourth-order valence-electron chi connectivity index (χ4n) is 1.25. The van der Waals surface area contributed by atoms with Crippen LogP contribution in [0.2, 0.25) is 0 Å². The summed E-state index contributed by atoms with van der Waals surface area (Å²) in [5.74, 6) is -0.0178. The molecule has 106 valence electrons. The van der Waals surface area contributed by atoms with E-state index in [-0.39, 0.29) is 20.8 Å². The van der Waals surface area contributed by atoms with Crippen molar-refractivity contribution in [3.05, 3.63) is 0 Å². The predicted octanol–water partition coefficient (Wildman–Crippen LogP) is 2.09. The van der Waals surface area contributed by atoms with Gasteiger partial charge in [-0.3, -0.25) is 4.79 Å². The highest BCUT2D eigenvalue weighted by atomic mass is 32.1. The van der Waals surface area contributed by atoms with Crippen molar-refractivity contribution in [1.82, 2.24) is 5.32 Å². The maximum absolute atomic E-state index is 10.5. The van der Waals surface area contributed by atoms with Crippen LogP contribution in [-0.4, -0.2) is 38.9 Å². The summed E-state index contributed by atoms with van der Waals surface area (Å²) in [6.07, 6.45) is 4.93. The molecule has 1 amide bonds. The lowest BCUT2D eigenvalue weighted by Gasteiger charge is -2.06. The topological polar surface area (TPSA) is 47.6 Å². The van der Waals surface area contributed by atoms with Crippen molar-refractivity contribution in [3.8, 4) is 0 Å². The fourth-order valence-corrected chi connectivity index (χ4v) is 1.25. The van der Waals surface area contributed by atoms with Crippen LogP contribution in [0.15, 0.2) is 0 Å². The van der Waals surface area contributed by atoms with Crippen LogP contribution in [0.3, 0.4) is 0 Å². The van der Waals surface area contributed by atoms with Gasteiger partial charge in [-0.05, 0) is 6.42 Å². The number of carbonyl (C=O) groups is 1. The first-order valence-corrected chi connectivity index (χ1v) is 6.17. The summed E-state index contributed by atoms with van der Waals surface area (Å²) in [5.41, 5.74) is 0. The normalized spacial score (nSPS) is 9.76. The number of nitrogens with one attached hydrogen (secondary N) is 1. The van der Waals surface area contributed by atoms with Gasteiger partial charge in [0.1, 0.15) is 0 Å². The summed E-state index contributed by atoms with van der Waals surface area (Å²) in [5, 5.41) is 2.67. The summed E-state index contributed by atoms with van der Waals surface area (Å²) in [7, 11) is 0. The maximum atomic E-state index is 10.5. The third-order valence-electron chi connectivity index (χ3n) is 2.13. The van der Waals surface area contributed by atoms with Gasteiger partial charge in [0, 0.05) is 21.5 Å². The number of unbranched alkanes of at least 4 members (excludes halogenated alkanes) is 3. The third kappa shape index (κ3) is 18.3. The van der Waals surface area contributed by atoms with E-state index in [0.29, 0.717) is 26.4 Å². The van der Waals surface area contributed by atoms with Crippen LogP contribution in [0, 0.1) is 0 Å². The van der Waals surface area contributed by atoms with Gasteiger partial charge in [-0.1, -0.05) is 26.2 Å². The molecular formula is C12H29NO3S. The smallest absolute Gasteiger partial charge is 0.216 e. The van der Waals surface area contributed by atoms with Crippen molar-refractivity contribution >= 4 is 19.4 Å². The number of carbonyl (C=O) groups excluding carboxylic acids is 1. The van der Waals surface area contributed by atoms with Gasteiger partial charge in [0.05, 0.1) is 19.8 Å². The molecule has 0 aliphatic rings. The molecule has 4 nitrogen and oxygen atoms in total. The standard InChI is InChI=1S/C12H25NO3.H2S.H2/c1-3-4-5-6-8-15-10-11-16-9-7-13-12(2)14;;/h3-11H2,1-2H3,(H,13,14);1H2;1H. The first-order chi connectivity index (χ1) is 7.77. The molecule has 0 saturated heterocycles.